The van der Waals surface area contributed by atoms with Gasteiger partial charge >= 0.3 is 6.09 Å². The molecule has 1 aromatic heterocycles. The summed E-state index contributed by atoms with van der Waals surface area (Å²) in [7, 11) is -3.34. The van der Waals surface area contributed by atoms with Crippen molar-refractivity contribution in [3.63, 3.8) is 0 Å². The normalized spacial score (nSPS) is 20.3. The highest BCUT2D eigenvalue weighted by Gasteiger charge is 2.55. The molecule has 0 radical (unpaired) electrons. The summed E-state index contributed by atoms with van der Waals surface area (Å²) in [6.45, 7) is 3.93. The van der Waals surface area contributed by atoms with Gasteiger partial charge in [-0.25, -0.2) is 23.2 Å². The lowest BCUT2D eigenvalue weighted by atomic mass is 10.1. The van der Waals surface area contributed by atoms with Gasteiger partial charge in [0.15, 0.2) is 15.7 Å². The van der Waals surface area contributed by atoms with Crippen molar-refractivity contribution in [2.45, 2.75) is 37.0 Å². The molecule has 0 bridgehead atoms. The Labute approximate surface area is 181 Å². The molecule has 1 amide bonds. The van der Waals surface area contributed by atoms with Crippen LogP contribution in [0.4, 0.5) is 16.3 Å². The smallest absolute Gasteiger partial charge is 0.409 e. The topological polar surface area (TPSA) is 122 Å². The summed E-state index contributed by atoms with van der Waals surface area (Å²) in [6.07, 6.45) is 2.08. The molecule has 10 heteroatoms. The van der Waals surface area contributed by atoms with Gasteiger partial charge in [-0.1, -0.05) is 6.92 Å². The third kappa shape index (κ3) is 4.22. The Balaban J connectivity index is 1.79. The summed E-state index contributed by atoms with van der Waals surface area (Å²) in [5.74, 6) is 1.11. The molecule has 2 aliphatic rings. The van der Waals surface area contributed by atoms with Crippen molar-refractivity contribution in [1.29, 1.82) is 0 Å². The molecule has 1 saturated heterocycles. The Hall–Kier alpha value is -2.72. The Morgan fingerprint density at radius 1 is 1.29 bits per heavy atom. The van der Waals surface area contributed by atoms with E-state index < -0.39 is 20.7 Å². The van der Waals surface area contributed by atoms with Crippen LogP contribution in [0.2, 0.25) is 0 Å². The molecule has 1 atom stereocenters. The quantitative estimate of drug-likeness (QED) is 0.695. The third-order valence-electron chi connectivity index (χ3n) is 5.98. The number of hydrogen-bond acceptors (Lipinski definition) is 7. The first-order chi connectivity index (χ1) is 14.7. The first kappa shape index (κ1) is 21.5. The number of carboxylic acid groups (broad SMARTS) is 1. The molecule has 1 saturated carbocycles. The minimum absolute atomic E-state index is 0.153. The number of sulfone groups is 1. The zero-order valence-electron chi connectivity index (χ0n) is 17.5. The largest absolute Gasteiger partial charge is 0.465 e. The Kier molecular flexibility index (Phi) is 5.61. The van der Waals surface area contributed by atoms with Gasteiger partial charge in [-0.2, -0.15) is 0 Å². The first-order valence-electron chi connectivity index (χ1n) is 10.3. The van der Waals surface area contributed by atoms with Gasteiger partial charge in [0, 0.05) is 30.1 Å². The Morgan fingerprint density at radius 2 is 2.00 bits per heavy atom. The van der Waals surface area contributed by atoms with Crippen molar-refractivity contribution in [2.75, 3.05) is 36.2 Å². The number of carbonyl (C=O) groups is 1. The van der Waals surface area contributed by atoms with E-state index in [1.165, 1.54) is 6.26 Å². The van der Waals surface area contributed by atoms with Crippen molar-refractivity contribution in [2.24, 2.45) is 0 Å². The predicted molar refractivity (Wildman–Crippen MR) is 117 cm³/mol. The summed E-state index contributed by atoms with van der Waals surface area (Å²) in [5, 5.41) is 11.2. The molecular weight excluding hydrogens is 420 g/mol. The van der Waals surface area contributed by atoms with Crippen LogP contribution >= 0.6 is 0 Å². The van der Waals surface area contributed by atoms with Crippen molar-refractivity contribution in [3.8, 4) is 11.4 Å². The van der Waals surface area contributed by atoms with Gasteiger partial charge in [-0.15, -0.1) is 0 Å². The van der Waals surface area contributed by atoms with Crippen molar-refractivity contribution in [3.05, 3.63) is 36.0 Å². The van der Waals surface area contributed by atoms with E-state index in [0.29, 0.717) is 61.2 Å². The molecular formula is C21H26N4O5S. The maximum atomic E-state index is 12.6. The molecule has 9 nitrogen and oxygen atoms in total. The lowest BCUT2D eigenvalue weighted by Crippen LogP contribution is -2.45. The molecule has 0 spiro atoms. The number of morpholine rings is 1. The highest BCUT2D eigenvalue weighted by molar-refractivity contribution is 7.91. The van der Waals surface area contributed by atoms with E-state index in [9.17, 15) is 13.2 Å². The Morgan fingerprint density at radius 3 is 2.58 bits per heavy atom. The van der Waals surface area contributed by atoms with Crippen LogP contribution in [0.25, 0.3) is 11.4 Å². The molecule has 4 rings (SSSR count). The van der Waals surface area contributed by atoms with E-state index in [1.54, 1.807) is 24.3 Å². The van der Waals surface area contributed by atoms with Gasteiger partial charge in [0.25, 0.3) is 0 Å². The lowest BCUT2D eigenvalue weighted by Gasteiger charge is -2.36. The average Bonchev–Trinajstić information content (AvgIpc) is 3.56. The minimum atomic E-state index is -3.34. The minimum Gasteiger partial charge on any atom is -0.465 e. The number of nitrogens with zero attached hydrogens (tertiary/aromatic N) is 3. The summed E-state index contributed by atoms with van der Waals surface area (Å²) in [4.78, 5) is 22.4. The van der Waals surface area contributed by atoms with Crippen molar-refractivity contribution >= 4 is 27.4 Å². The zero-order chi connectivity index (χ0) is 22.2. The first-order valence-corrected chi connectivity index (χ1v) is 12.2. The SMILES string of the molecule is CC[C@H]1COCCN1c1cc(C2(S(C)(=O)=O)CC2)nc(-c2ccc(NC(=O)O)cc2)n1. The maximum absolute atomic E-state index is 12.6. The molecule has 31 heavy (non-hydrogen) atoms. The third-order valence-corrected chi connectivity index (χ3v) is 8.02. The fraction of sp³-hybridized carbons (Fsp3) is 0.476. The number of anilines is 2. The summed E-state index contributed by atoms with van der Waals surface area (Å²) < 4.78 is 29.8. The number of amides is 1. The van der Waals surface area contributed by atoms with Crippen LogP contribution in [0.5, 0.6) is 0 Å². The lowest BCUT2D eigenvalue weighted by molar-refractivity contribution is 0.0925. The van der Waals surface area contributed by atoms with E-state index in [0.717, 1.165) is 6.42 Å². The fourth-order valence-corrected chi connectivity index (χ4v) is 5.32. The zero-order valence-corrected chi connectivity index (χ0v) is 18.4. The van der Waals surface area contributed by atoms with Gasteiger partial charge in [-0.3, -0.25) is 5.32 Å². The molecule has 1 aromatic carbocycles. The van der Waals surface area contributed by atoms with E-state index >= 15 is 0 Å². The van der Waals surface area contributed by atoms with Gasteiger partial charge in [0.2, 0.25) is 0 Å². The van der Waals surface area contributed by atoms with Gasteiger partial charge < -0.3 is 14.7 Å². The standard InChI is InChI=1S/C21H26N4O5S/c1-3-16-13-30-11-10-25(16)18-12-17(21(8-9-21)31(2,28)29)23-19(24-18)14-4-6-15(7-5-14)22-20(26)27/h4-7,12,16,22H,3,8-11,13H2,1-2H3,(H,26,27)/t16-/m0/s1. The van der Waals surface area contributed by atoms with Crippen molar-refractivity contribution < 1.29 is 23.1 Å². The second-order valence-corrected chi connectivity index (χ2v) is 10.4. The number of hydrogen-bond donors (Lipinski definition) is 2. The van der Waals surface area contributed by atoms with Crippen LogP contribution in [0, 0.1) is 0 Å². The molecule has 2 heterocycles. The predicted octanol–water partition coefficient (Wildman–Crippen LogP) is 2.88. The van der Waals surface area contributed by atoms with Gasteiger partial charge in [-0.05, 0) is 43.5 Å². The fourth-order valence-electron chi connectivity index (χ4n) is 4.00. The van der Waals surface area contributed by atoms with E-state index in [-0.39, 0.29) is 6.04 Å². The maximum Gasteiger partial charge on any atom is 0.409 e. The number of nitrogens with one attached hydrogen (secondary N) is 1. The molecule has 1 aliphatic heterocycles. The highest BCUT2D eigenvalue weighted by atomic mass is 32.2. The van der Waals surface area contributed by atoms with Crippen LogP contribution in [0.15, 0.2) is 30.3 Å². The Bertz CT molecular complexity index is 1080. The monoisotopic (exact) mass is 446 g/mol. The summed E-state index contributed by atoms with van der Waals surface area (Å²) in [5.41, 5.74) is 1.63. The summed E-state index contributed by atoms with van der Waals surface area (Å²) in [6, 6.07) is 8.68. The molecule has 1 aliphatic carbocycles. The average molecular weight is 447 g/mol. The van der Waals surface area contributed by atoms with Crippen LogP contribution in [0.1, 0.15) is 31.9 Å². The van der Waals surface area contributed by atoms with E-state index in [2.05, 4.69) is 22.1 Å². The summed E-state index contributed by atoms with van der Waals surface area (Å²) >= 11 is 0. The van der Waals surface area contributed by atoms with Crippen LogP contribution < -0.4 is 10.2 Å². The molecule has 2 N–H and O–H groups in total. The van der Waals surface area contributed by atoms with Gasteiger partial charge in [0.05, 0.1) is 24.9 Å². The van der Waals surface area contributed by atoms with E-state index in [4.69, 9.17) is 14.8 Å². The number of rotatable bonds is 6. The number of ether oxygens (including phenoxy) is 1. The van der Waals surface area contributed by atoms with Gasteiger partial charge in [0.1, 0.15) is 10.6 Å². The van der Waals surface area contributed by atoms with E-state index in [1.807, 2.05) is 6.07 Å². The van der Waals surface area contributed by atoms with Crippen molar-refractivity contribution in [1.82, 2.24) is 9.97 Å². The second-order valence-electron chi connectivity index (χ2n) is 8.04. The number of benzene rings is 1. The van der Waals surface area contributed by atoms with Crippen LogP contribution in [0.3, 0.4) is 0 Å². The molecule has 2 fully saturated rings. The van der Waals surface area contributed by atoms with Crippen LogP contribution in [-0.2, 0) is 19.3 Å². The molecule has 166 valence electrons. The number of aromatic nitrogens is 2. The second kappa shape index (κ2) is 8.08. The van der Waals surface area contributed by atoms with Crippen LogP contribution in [-0.4, -0.2) is 61.6 Å². The molecule has 0 unspecified atom stereocenters. The highest BCUT2D eigenvalue weighted by Crippen LogP contribution is 2.52. The molecule has 2 aromatic rings.